The number of aliphatic carboxylic acids is 2. The number of nitrogens with zero attached hydrogens (tertiary/aromatic N) is 2. The van der Waals surface area contributed by atoms with Gasteiger partial charge in [-0.05, 0) is 55.3 Å². The number of rotatable bonds is 9. The first-order valence-electron chi connectivity index (χ1n) is 12.1. The lowest BCUT2D eigenvalue weighted by atomic mass is 10.1. The number of aliphatic hydroxyl groups is 1. The van der Waals surface area contributed by atoms with Crippen LogP contribution in [0.15, 0.2) is 41.3 Å². The van der Waals surface area contributed by atoms with Crippen LogP contribution in [0.3, 0.4) is 0 Å². The number of hydrogen-bond acceptors (Lipinski definition) is 10. The zero-order valence-electron chi connectivity index (χ0n) is 22.7. The van der Waals surface area contributed by atoms with Crippen LogP contribution in [0.1, 0.15) is 21.5 Å². The molecule has 0 radical (unpaired) electrons. The Bertz CT molecular complexity index is 1290. The Morgan fingerprint density at radius 3 is 2.05 bits per heavy atom. The molecule has 2 aromatic carbocycles. The third-order valence-corrected chi connectivity index (χ3v) is 8.01. The molecular formula is C26H34N2O11S. The van der Waals surface area contributed by atoms with Crippen molar-refractivity contribution in [2.24, 2.45) is 0 Å². The van der Waals surface area contributed by atoms with Gasteiger partial charge in [-0.15, -0.1) is 0 Å². The van der Waals surface area contributed by atoms with Crippen molar-refractivity contribution in [1.82, 2.24) is 9.21 Å². The molecule has 220 valence electrons. The fraction of sp³-hybridized carbons (Fsp3) is 0.423. The molecule has 0 bridgehead atoms. The van der Waals surface area contributed by atoms with Gasteiger partial charge in [0.1, 0.15) is 12.7 Å². The molecule has 1 fully saturated rings. The maximum absolute atomic E-state index is 13.0. The molecule has 1 aliphatic heterocycles. The summed E-state index contributed by atoms with van der Waals surface area (Å²) in [5.41, 5.74) is 2.33. The summed E-state index contributed by atoms with van der Waals surface area (Å²) >= 11 is 0. The first-order chi connectivity index (χ1) is 18.8. The van der Waals surface area contributed by atoms with Gasteiger partial charge in [-0.3, -0.25) is 4.90 Å². The molecule has 3 rings (SSSR count). The van der Waals surface area contributed by atoms with Crippen LogP contribution in [-0.4, -0.2) is 111 Å². The highest BCUT2D eigenvalue weighted by molar-refractivity contribution is 7.89. The van der Waals surface area contributed by atoms with Crippen LogP contribution in [0.4, 0.5) is 0 Å². The van der Waals surface area contributed by atoms with Crippen molar-refractivity contribution >= 4 is 27.9 Å². The van der Waals surface area contributed by atoms with E-state index in [1.807, 2.05) is 24.8 Å². The number of sulfonamides is 1. The fourth-order valence-electron chi connectivity index (χ4n) is 3.74. The fourth-order valence-corrected chi connectivity index (χ4v) is 5.25. The van der Waals surface area contributed by atoms with Crippen molar-refractivity contribution in [3.63, 3.8) is 0 Å². The standard InChI is InChI=1S/C24H32N2O7S.C2H2O4/c1-17-5-7-21(13-18(17)2)34(29,30)26-11-9-25(10-12-26)15-20(27)16-33-22-8-6-19(24(28)32-4)14-23(22)31-3;3-1(4)2(5)6/h5-8,13-14,20,27H,9-12,15-16H2,1-4H3;(H,3,4)(H,5,6). The number of aliphatic hydroxyl groups excluding tert-OH is 1. The van der Waals surface area contributed by atoms with E-state index >= 15 is 0 Å². The van der Waals surface area contributed by atoms with Gasteiger partial charge >= 0.3 is 17.9 Å². The molecule has 40 heavy (non-hydrogen) atoms. The molecule has 0 amide bonds. The number of benzene rings is 2. The lowest BCUT2D eigenvalue weighted by molar-refractivity contribution is -0.159. The summed E-state index contributed by atoms with van der Waals surface area (Å²) in [5.74, 6) is -3.37. The molecule has 0 saturated carbocycles. The third-order valence-electron chi connectivity index (χ3n) is 6.12. The lowest BCUT2D eigenvalue weighted by Gasteiger charge is -2.35. The number of esters is 1. The number of aryl methyl sites for hydroxylation is 2. The number of carbonyl (C=O) groups excluding carboxylic acids is 1. The number of β-amino-alcohol motifs (C(OH)–C–C–N with tert-alkyl or cyclic N) is 1. The Hall–Kier alpha value is -3.72. The van der Waals surface area contributed by atoms with Gasteiger partial charge in [-0.2, -0.15) is 4.31 Å². The second-order valence-electron chi connectivity index (χ2n) is 8.88. The second kappa shape index (κ2) is 14.6. The van der Waals surface area contributed by atoms with Gasteiger partial charge in [0.15, 0.2) is 11.5 Å². The SMILES string of the molecule is COC(=O)c1ccc(OCC(O)CN2CCN(S(=O)(=O)c3ccc(C)c(C)c3)CC2)c(OC)c1.O=C(O)C(=O)O. The summed E-state index contributed by atoms with van der Waals surface area (Å²) in [6, 6.07) is 9.86. The van der Waals surface area contributed by atoms with E-state index in [1.165, 1.54) is 24.6 Å². The average molecular weight is 583 g/mol. The van der Waals surface area contributed by atoms with Gasteiger partial charge in [-0.25, -0.2) is 22.8 Å². The molecule has 1 heterocycles. The zero-order valence-corrected chi connectivity index (χ0v) is 23.5. The highest BCUT2D eigenvalue weighted by Crippen LogP contribution is 2.28. The summed E-state index contributed by atoms with van der Waals surface area (Å²) in [6.07, 6.45) is -0.784. The summed E-state index contributed by atoms with van der Waals surface area (Å²) in [4.78, 5) is 32.2. The third kappa shape index (κ3) is 8.91. The van der Waals surface area contributed by atoms with E-state index in [2.05, 4.69) is 0 Å². The Kier molecular flexibility index (Phi) is 11.9. The van der Waals surface area contributed by atoms with E-state index in [9.17, 15) is 18.3 Å². The van der Waals surface area contributed by atoms with Crippen LogP contribution < -0.4 is 9.47 Å². The molecule has 14 heteroatoms. The van der Waals surface area contributed by atoms with Crippen molar-refractivity contribution in [2.75, 3.05) is 53.6 Å². The topological polar surface area (TPSA) is 180 Å². The van der Waals surface area contributed by atoms with Crippen molar-refractivity contribution in [1.29, 1.82) is 0 Å². The van der Waals surface area contributed by atoms with Gasteiger partial charge in [0.05, 0.1) is 24.7 Å². The van der Waals surface area contributed by atoms with Crippen LogP contribution in [0.5, 0.6) is 11.5 Å². The van der Waals surface area contributed by atoms with Crippen LogP contribution >= 0.6 is 0 Å². The highest BCUT2D eigenvalue weighted by Gasteiger charge is 2.29. The number of piperazine rings is 1. The smallest absolute Gasteiger partial charge is 0.414 e. The lowest BCUT2D eigenvalue weighted by Crippen LogP contribution is -2.50. The van der Waals surface area contributed by atoms with E-state index < -0.39 is 34.0 Å². The molecule has 1 aliphatic rings. The molecule has 0 spiro atoms. The maximum atomic E-state index is 13.0. The maximum Gasteiger partial charge on any atom is 0.414 e. The van der Waals surface area contributed by atoms with Gasteiger partial charge in [0.25, 0.3) is 0 Å². The molecular weight excluding hydrogens is 548 g/mol. The molecule has 2 aromatic rings. The zero-order chi connectivity index (χ0) is 30.0. The number of carboxylic acid groups (broad SMARTS) is 2. The molecule has 0 aromatic heterocycles. The largest absolute Gasteiger partial charge is 0.493 e. The quantitative estimate of drug-likeness (QED) is 0.282. The van der Waals surface area contributed by atoms with Crippen molar-refractivity contribution in [3.05, 3.63) is 53.1 Å². The normalized spacial score (nSPS) is 14.8. The Balaban J connectivity index is 0.000000840. The average Bonchev–Trinajstić information content (AvgIpc) is 2.93. The van der Waals surface area contributed by atoms with Crippen LogP contribution in [0.2, 0.25) is 0 Å². The summed E-state index contributed by atoms with van der Waals surface area (Å²) in [6.45, 7) is 5.95. The number of carbonyl (C=O) groups is 3. The molecule has 13 nitrogen and oxygen atoms in total. The second-order valence-corrected chi connectivity index (χ2v) is 10.8. The molecule has 1 atom stereocenters. The minimum atomic E-state index is -3.55. The minimum Gasteiger partial charge on any atom is -0.493 e. The molecule has 1 unspecified atom stereocenters. The van der Waals surface area contributed by atoms with Gasteiger partial charge in [0.2, 0.25) is 10.0 Å². The Morgan fingerprint density at radius 2 is 1.52 bits per heavy atom. The van der Waals surface area contributed by atoms with Crippen molar-refractivity contribution < 1.29 is 52.3 Å². The van der Waals surface area contributed by atoms with Crippen molar-refractivity contribution in [3.8, 4) is 11.5 Å². The van der Waals surface area contributed by atoms with E-state index in [1.54, 1.807) is 24.3 Å². The van der Waals surface area contributed by atoms with Crippen LogP contribution in [0, 0.1) is 13.8 Å². The van der Waals surface area contributed by atoms with E-state index in [0.29, 0.717) is 54.7 Å². The van der Waals surface area contributed by atoms with Crippen LogP contribution in [-0.2, 0) is 24.3 Å². The summed E-state index contributed by atoms with van der Waals surface area (Å²) < 4.78 is 43.1. The molecule has 3 N–H and O–H groups in total. The van der Waals surface area contributed by atoms with E-state index in [4.69, 9.17) is 34.0 Å². The Morgan fingerprint density at radius 1 is 0.900 bits per heavy atom. The van der Waals surface area contributed by atoms with Gasteiger partial charge < -0.3 is 29.5 Å². The number of carboxylic acids is 2. The highest BCUT2D eigenvalue weighted by atomic mass is 32.2. The van der Waals surface area contributed by atoms with Crippen LogP contribution in [0.25, 0.3) is 0 Å². The monoisotopic (exact) mass is 582 g/mol. The molecule has 0 aliphatic carbocycles. The minimum absolute atomic E-state index is 0.0229. The predicted octanol–water partition coefficient (Wildman–Crippen LogP) is 1.00. The first-order valence-corrected chi connectivity index (χ1v) is 13.6. The van der Waals surface area contributed by atoms with Crippen molar-refractivity contribution in [2.45, 2.75) is 24.8 Å². The predicted molar refractivity (Wildman–Crippen MR) is 142 cm³/mol. The van der Waals surface area contributed by atoms with E-state index in [-0.39, 0.29) is 6.61 Å². The van der Waals surface area contributed by atoms with Gasteiger partial charge in [-0.1, -0.05) is 6.07 Å². The number of hydrogen-bond donors (Lipinski definition) is 3. The molecule has 1 saturated heterocycles. The van der Waals surface area contributed by atoms with Gasteiger partial charge in [0, 0.05) is 32.7 Å². The number of methoxy groups -OCH3 is 2. The summed E-state index contributed by atoms with van der Waals surface area (Å²) in [7, 11) is -0.783. The Labute approximate surface area is 232 Å². The number of ether oxygens (including phenoxy) is 3. The summed E-state index contributed by atoms with van der Waals surface area (Å²) in [5, 5.41) is 25.2. The first kappa shape index (κ1) is 32.5. The van der Waals surface area contributed by atoms with E-state index in [0.717, 1.165) is 11.1 Å².